The van der Waals surface area contributed by atoms with Gasteiger partial charge in [-0.2, -0.15) is 0 Å². The van der Waals surface area contributed by atoms with Gasteiger partial charge in [-0.15, -0.1) is 0 Å². The van der Waals surface area contributed by atoms with Crippen molar-refractivity contribution in [1.82, 2.24) is 9.88 Å². The Hall–Kier alpha value is -3.52. The highest BCUT2D eigenvalue weighted by Gasteiger charge is 2.15. The average molecular weight is 517 g/mol. The number of nitrogens with zero attached hydrogens (tertiary/aromatic N) is 1. The normalized spacial score (nSPS) is 10.7. The summed E-state index contributed by atoms with van der Waals surface area (Å²) in [4.78, 5) is 24.9. The quantitative estimate of drug-likeness (QED) is 0.335. The minimum absolute atomic E-state index is 0.0284. The number of halogens is 2. The lowest BCUT2D eigenvalue weighted by Gasteiger charge is -2.16. The fourth-order valence-corrected chi connectivity index (χ4v) is 3.76. The topological polar surface area (TPSA) is 78.8 Å². The van der Waals surface area contributed by atoms with Gasteiger partial charge in [0, 0.05) is 18.3 Å². The minimum atomic E-state index is -0.571. The number of hydrogen-bond acceptors (Lipinski definition) is 5. The monoisotopic (exact) mass is 516 g/mol. The molecule has 0 unspecified atom stereocenters. The number of carbonyl (C=O) groups is 1. The number of alkyl carbamates (subject to hydrolysis) is 1. The molecule has 1 heterocycles. The number of benzene rings is 2. The van der Waals surface area contributed by atoms with E-state index in [1.807, 2.05) is 31.2 Å². The average Bonchev–Trinajstić information content (AvgIpc) is 2.87. The molecule has 9 heteroatoms. The second-order valence-electron chi connectivity index (χ2n) is 8.25. The lowest BCUT2D eigenvalue weighted by Crippen LogP contribution is -2.25. The summed E-state index contributed by atoms with van der Waals surface area (Å²) in [5.41, 5.74) is 2.34. The van der Waals surface area contributed by atoms with Crippen LogP contribution in [0, 0.1) is 12.7 Å². The van der Waals surface area contributed by atoms with Crippen LogP contribution >= 0.6 is 11.6 Å². The number of carbonyl (C=O) groups excluding carboxylic acids is 1. The van der Waals surface area contributed by atoms with E-state index in [-0.39, 0.29) is 29.5 Å². The summed E-state index contributed by atoms with van der Waals surface area (Å²) in [5.74, 6) is 0.482. The molecule has 1 N–H and O–H groups in total. The molecule has 1 aromatic heterocycles. The van der Waals surface area contributed by atoms with E-state index in [1.165, 1.54) is 12.1 Å². The molecular weight excluding hydrogens is 487 g/mol. The van der Waals surface area contributed by atoms with Gasteiger partial charge in [-0.25, -0.2) is 9.18 Å². The number of ether oxygens (including phenoxy) is 3. The van der Waals surface area contributed by atoms with E-state index < -0.39 is 11.9 Å². The maximum absolute atomic E-state index is 13.9. The number of methoxy groups -OCH3 is 1. The molecule has 0 aliphatic rings. The van der Waals surface area contributed by atoms with Crippen molar-refractivity contribution in [2.45, 2.75) is 46.4 Å². The van der Waals surface area contributed by atoms with Gasteiger partial charge in [-0.1, -0.05) is 43.1 Å². The lowest BCUT2D eigenvalue weighted by molar-refractivity contribution is 0.144. The minimum Gasteiger partial charge on any atom is -0.497 e. The molecule has 192 valence electrons. The lowest BCUT2D eigenvalue weighted by atomic mass is 10.1. The maximum Gasteiger partial charge on any atom is 0.407 e. The summed E-state index contributed by atoms with van der Waals surface area (Å²) < 4.78 is 31.6. The Balaban J connectivity index is 1.73. The molecule has 36 heavy (non-hydrogen) atoms. The second-order valence-corrected chi connectivity index (χ2v) is 8.63. The van der Waals surface area contributed by atoms with Gasteiger partial charge in [0.05, 0.1) is 20.3 Å². The molecule has 0 aliphatic carbocycles. The van der Waals surface area contributed by atoms with Crippen LogP contribution in [0.5, 0.6) is 11.5 Å². The zero-order valence-electron chi connectivity index (χ0n) is 20.6. The highest BCUT2D eigenvalue weighted by Crippen LogP contribution is 2.25. The third-order valence-electron chi connectivity index (χ3n) is 5.60. The SMILES string of the molecule is CCCCOC(=O)NCc1cc(F)ccc1COc1cc(C)n(Cc2cccc(OC)c2)c(=O)c1Cl. The van der Waals surface area contributed by atoms with Crippen molar-refractivity contribution in [2.24, 2.45) is 0 Å². The summed E-state index contributed by atoms with van der Waals surface area (Å²) in [7, 11) is 1.58. The van der Waals surface area contributed by atoms with E-state index >= 15 is 0 Å². The van der Waals surface area contributed by atoms with Crippen molar-refractivity contribution in [3.05, 3.63) is 92.1 Å². The van der Waals surface area contributed by atoms with Crippen LogP contribution in [0.3, 0.4) is 0 Å². The molecular formula is C27H30ClFN2O5. The van der Waals surface area contributed by atoms with Crippen LogP contribution in [0.4, 0.5) is 9.18 Å². The predicted octanol–water partition coefficient (Wildman–Crippen LogP) is 5.61. The molecule has 0 saturated carbocycles. The summed E-state index contributed by atoms with van der Waals surface area (Å²) in [5, 5.41) is 2.57. The highest BCUT2D eigenvalue weighted by molar-refractivity contribution is 6.31. The van der Waals surface area contributed by atoms with Crippen molar-refractivity contribution in [1.29, 1.82) is 0 Å². The number of nitrogens with one attached hydrogen (secondary N) is 1. The van der Waals surface area contributed by atoms with Crippen LogP contribution in [-0.2, 0) is 24.4 Å². The number of pyridine rings is 1. The Bertz CT molecular complexity index is 1260. The predicted molar refractivity (Wildman–Crippen MR) is 136 cm³/mol. The first-order chi connectivity index (χ1) is 17.3. The van der Waals surface area contributed by atoms with E-state index in [0.29, 0.717) is 35.7 Å². The second kappa shape index (κ2) is 13.0. The fourth-order valence-electron chi connectivity index (χ4n) is 3.55. The molecule has 1 amide bonds. The molecule has 0 fully saturated rings. The number of rotatable bonds is 11. The summed E-state index contributed by atoms with van der Waals surface area (Å²) >= 11 is 6.37. The van der Waals surface area contributed by atoms with E-state index in [4.69, 9.17) is 25.8 Å². The molecule has 3 aromatic rings. The maximum atomic E-state index is 13.9. The molecule has 0 saturated heterocycles. The van der Waals surface area contributed by atoms with Crippen LogP contribution in [0.1, 0.15) is 42.1 Å². The van der Waals surface area contributed by atoms with Gasteiger partial charge in [-0.3, -0.25) is 4.79 Å². The summed E-state index contributed by atoms with van der Waals surface area (Å²) in [6.07, 6.45) is 1.11. The number of hydrogen-bond donors (Lipinski definition) is 1. The first-order valence-electron chi connectivity index (χ1n) is 11.7. The molecule has 0 aliphatic heterocycles. The van der Waals surface area contributed by atoms with Gasteiger partial charge in [0.15, 0.2) is 0 Å². The van der Waals surface area contributed by atoms with Gasteiger partial charge in [0.1, 0.15) is 28.9 Å². The molecule has 0 bridgehead atoms. The fraction of sp³-hybridized carbons (Fsp3) is 0.333. The summed E-state index contributed by atoms with van der Waals surface area (Å²) in [6, 6.07) is 13.3. The van der Waals surface area contributed by atoms with Crippen molar-refractivity contribution in [3.63, 3.8) is 0 Å². The third-order valence-corrected chi connectivity index (χ3v) is 5.94. The molecule has 2 aromatic carbocycles. The molecule has 0 atom stereocenters. The zero-order chi connectivity index (χ0) is 26.1. The van der Waals surface area contributed by atoms with Gasteiger partial charge in [0.2, 0.25) is 0 Å². The van der Waals surface area contributed by atoms with Crippen LogP contribution in [0.25, 0.3) is 0 Å². The highest BCUT2D eigenvalue weighted by atomic mass is 35.5. The van der Waals surface area contributed by atoms with Gasteiger partial charge >= 0.3 is 6.09 Å². The Kier molecular flexibility index (Phi) is 9.76. The van der Waals surface area contributed by atoms with E-state index in [1.54, 1.807) is 30.7 Å². The van der Waals surface area contributed by atoms with E-state index in [0.717, 1.165) is 18.4 Å². The number of unbranched alkanes of at least 4 members (excludes halogenated alkanes) is 1. The molecule has 0 spiro atoms. The third kappa shape index (κ3) is 7.24. The Morgan fingerprint density at radius 1 is 1.14 bits per heavy atom. The zero-order valence-corrected chi connectivity index (χ0v) is 21.4. The van der Waals surface area contributed by atoms with E-state index in [2.05, 4.69) is 5.32 Å². The standard InChI is InChI=1S/C27H30ClFN2O5/c1-4-5-11-35-27(33)30-15-21-14-22(29)10-9-20(21)17-36-24-12-18(2)31(26(32)25(24)28)16-19-7-6-8-23(13-19)34-3/h6-10,12-14H,4-5,11,15-17H2,1-3H3,(H,30,33). The largest absolute Gasteiger partial charge is 0.497 e. The molecule has 7 nitrogen and oxygen atoms in total. The smallest absolute Gasteiger partial charge is 0.407 e. The number of aryl methyl sites for hydroxylation is 1. The van der Waals surface area contributed by atoms with E-state index in [9.17, 15) is 14.0 Å². The van der Waals surface area contributed by atoms with Crippen molar-refractivity contribution in [2.75, 3.05) is 13.7 Å². The summed E-state index contributed by atoms with van der Waals surface area (Å²) in [6.45, 7) is 4.53. The van der Waals surface area contributed by atoms with Crippen molar-refractivity contribution >= 4 is 17.7 Å². The van der Waals surface area contributed by atoms with Crippen molar-refractivity contribution in [3.8, 4) is 11.5 Å². The van der Waals surface area contributed by atoms with Gasteiger partial charge < -0.3 is 24.1 Å². The van der Waals surface area contributed by atoms with Crippen LogP contribution < -0.4 is 20.3 Å². The Labute approximate surface area is 214 Å². The Morgan fingerprint density at radius 3 is 2.69 bits per heavy atom. The van der Waals surface area contributed by atoms with Gasteiger partial charge in [-0.05, 0) is 54.3 Å². The number of amides is 1. The first kappa shape index (κ1) is 27.1. The first-order valence-corrected chi connectivity index (χ1v) is 12.0. The number of aromatic nitrogens is 1. The van der Waals surface area contributed by atoms with Crippen LogP contribution in [0.15, 0.2) is 53.3 Å². The van der Waals surface area contributed by atoms with Crippen molar-refractivity contribution < 1.29 is 23.4 Å². The Morgan fingerprint density at radius 2 is 1.94 bits per heavy atom. The van der Waals surface area contributed by atoms with Gasteiger partial charge in [0.25, 0.3) is 5.56 Å². The molecule has 3 rings (SSSR count). The van der Waals surface area contributed by atoms with Crippen LogP contribution in [-0.4, -0.2) is 24.4 Å². The van der Waals surface area contributed by atoms with Crippen LogP contribution in [0.2, 0.25) is 5.02 Å². The molecule has 0 radical (unpaired) electrons.